The molecule has 0 radical (unpaired) electrons. The zero-order chi connectivity index (χ0) is 27.6. The fourth-order valence-electron chi connectivity index (χ4n) is 3.49. The Kier molecular flexibility index (Phi) is 7.30. The molecule has 1 heterocycles. The molecule has 0 spiro atoms. The van der Waals surface area contributed by atoms with Crippen LogP contribution in [0.2, 0.25) is 0 Å². The number of nitrogens with zero attached hydrogens (tertiary/aromatic N) is 1. The van der Waals surface area contributed by atoms with Gasteiger partial charge in [-0.25, -0.2) is 23.3 Å². The molecule has 0 saturated heterocycles. The molecular weight excluding hydrogens is 536 g/mol. The molecule has 4 rings (SSSR count). The van der Waals surface area contributed by atoms with E-state index in [0.29, 0.717) is 11.4 Å². The molecule has 0 fully saturated rings. The third-order valence-electron chi connectivity index (χ3n) is 5.43. The predicted molar refractivity (Wildman–Crippen MR) is 139 cm³/mol. The number of nitrogens with two attached hydrogens (primary N) is 1. The number of carbonyl (C=O) groups excluding carboxylic acids is 4. The molecule has 1 aliphatic heterocycles. The van der Waals surface area contributed by atoms with E-state index in [1.165, 1.54) is 79.9 Å². The molecule has 3 amide bonds. The van der Waals surface area contributed by atoms with Gasteiger partial charge in [-0.3, -0.25) is 14.4 Å². The van der Waals surface area contributed by atoms with E-state index < -0.39 is 33.7 Å². The summed E-state index contributed by atoms with van der Waals surface area (Å²) in [5.41, 5.74) is 1.32. The van der Waals surface area contributed by atoms with Crippen molar-refractivity contribution in [3.05, 3.63) is 94.7 Å². The number of imide groups is 1. The Balaban J connectivity index is 1.44. The number of rotatable bonds is 7. The van der Waals surface area contributed by atoms with E-state index in [2.05, 4.69) is 15.4 Å². The summed E-state index contributed by atoms with van der Waals surface area (Å²) in [6.45, 7) is 0. The zero-order valence-corrected chi connectivity index (χ0v) is 21.2. The first-order valence-electron chi connectivity index (χ1n) is 10.8. The Bertz CT molecular complexity index is 1580. The lowest BCUT2D eigenvalue weighted by molar-refractivity contribution is -0.120. The molecule has 4 N–H and O–H groups in total. The van der Waals surface area contributed by atoms with Gasteiger partial charge in [0, 0.05) is 16.9 Å². The number of methoxy groups -OCH3 is 1. The van der Waals surface area contributed by atoms with Crippen molar-refractivity contribution < 1.29 is 32.3 Å². The van der Waals surface area contributed by atoms with E-state index in [1.807, 2.05) is 0 Å². The summed E-state index contributed by atoms with van der Waals surface area (Å²) in [6, 6.07) is 17.0. The van der Waals surface area contributed by atoms with Crippen LogP contribution in [-0.4, -0.2) is 39.2 Å². The van der Waals surface area contributed by atoms with Crippen LogP contribution in [-0.2, 0) is 24.3 Å². The van der Waals surface area contributed by atoms with Gasteiger partial charge in [0.2, 0.25) is 10.0 Å². The average Bonchev–Trinajstić information content (AvgIpc) is 3.11. The monoisotopic (exact) mass is 554 g/mol. The van der Waals surface area contributed by atoms with Crippen LogP contribution >= 0.6 is 11.6 Å². The summed E-state index contributed by atoms with van der Waals surface area (Å²) in [5.74, 6) is -2.47. The quantitative estimate of drug-likeness (QED) is 0.296. The molecule has 0 atom stereocenters. The molecule has 3 aromatic carbocycles. The van der Waals surface area contributed by atoms with E-state index in [9.17, 15) is 27.6 Å². The van der Waals surface area contributed by atoms with E-state index in [4.69, 9.17) is 16.7 Å². The highest BCUT2D eigenvalue weighted by atomic mass is 35.5. The summed E-state index contributed by atoms with van der Waals surface area (Å²) in [6.07, 6.45) is 0. The van der Waals surface area contributed by atoms with Crippen molar-refractivity contribution in [1.82, 2.24) is 0 Å². The molecule has 194 valence electrons. The number of hydrogen-bond donors (Lipinski definition) is 3. The minimum atomic E-state index is -3.85. The normalized spacial score (nSPS) is 13.5. The average molecular weight is 555 g/mol. The van der Waals surface area contributed by atoms with E-state index in [1.54, 1.807) is 0 Å². The van der Waals surface area contributed by atoms with Gasteiger partial charge in [0.25, 0.3) is 17.7 Å². The van der Waals surface area contributed by atoms with Gasteiger partial charge in [-0.2, -0.15) is 0 Å². The predicted octanol–water partition coefficient (Wildman–Crippen LogP) is 2.81. The number of primary sulfonamides is 1. The second kappa shape index (κ2) is 10.5. The minimum absolute atomic E-state index is 0.0874. The van der Waals surface area contributed by atoms with Crippen LogP contribution in [0.5, 0.6) is 0 Å². The first-order valence-corrected chi connectivity index (χ1v) is 12.7. The number of carbonyl (C=O) groups is 4. The molecule has 0 saturated carbocycles. The number of sulfonamides is 1. The van der Waals surface area contributed by atoms with Gasteiger partial charge in [-0.15, -0.1) is 0 Å². The van der Waals surface area contributed by atoms with Gasteiger partial charge >= 0.3 is 5.97 Å². The van der Waals surface area contributed by atoms with E-state index in [-0.39, 0.29) is 32.4 Å². The number of esters is 1. The molecule has 0 aliphatic carbocycles. The van der Waals surface area contributed by atoms with Crippen LogP contribution < -0.4 is 20.7 Å². The first-order chi connectivity index (χ1) is 18.0. The lowest BCUT2D eigenvalue weighted by Crippen LogP contribution is -2.32. The molecule has 13 heteroatoms. The van der Waals surface area contributed by atoms with Crippen LogP contribution in [0.3, 0.4) is 0 Å². The number of ether oxygens (including phenoxy) is 1. The van der Waals surface area contributed by atoms with Gasteiger partial charge in [-0.1, -0.05) is 11.6 Å². The van der Waals surface area contributed by atoms with Crippen LogP contribution in [0.1, 0.15) is 20.7 Å². The maximum absolute atomic E-state index is 13.0. The van der Waals surface area contributed by atoms with Crippen molar-refractivity contribution in [2.24, 2.45) is 5.14 Å². The second-order valence-electron chi connectivity index (χ2n) is 7.90. The van der Waals surface area contributed by atoms with Gasteiger partial charge in [0.1, 0.15) is 10.7 Å². The Labute approximate surface area is 221 Å². The molecule has 0 bridgehead atoms. The van der Waals surface area contributed by atoms with E-state index >= 15 is 0 Å². The molecule has 11 nitrogen and oxygen atoms in total. The summed E-state index contributed by atoms with van der Waals surface area (Å²) < 4.78 is 27.3. The SMILES string of the molecule is COC(=O)c1ccc(N2C(=O)C(Cl)=C(Nc3ccc(C(=O)Nc4ccc(S(N)(=O)=O)cc4)cc3)C2=O)cc1. The maximum atomic E-state index is 13.0. The largest absolute Gasteiger partial charge is 0.465 e. The zero-order valence-electron chi connectivity index (χ0n) is 19.6. The molecule has 0 unspecified atom stereocenters. The third kappa shape index (κ3) is 5.42. The number of nitrogens with one attached hydrogen (secondary N) is 2. The van der Waals surface area contributed by atoms with Crippen molar-refractivity contribution in [3.8, 4) is 0 Å². The first kappa shape index (κ1) is 26.5. The summed E-state index contributed by atoms with van der Waals surface area (Å²) >= 11 is 6.15. The third-order valence-corrected chi connectivity index (χ3v) is 6.71. The standard InChI is InChI=1S/C25H19ClN4O7S/c1-37-25(34)15-4-10-18(11-5-15)30-23(32)20(26)21(24(30)33)28-16-6-2-14(3-7-16)22(31)29-17-8-12-19(13-9-17)38(27,35)36/h2-13,28H,1H3,(H,29,31)(H2,27,35,36). The van der Waals surface area contributed by atoms with E-state index in [0.717, 1.165) is 4.90 Å². The highest BCUT2D eigenvalue weighted by Gasteiger charge is 2.39. The van der Waals surface area contributed by atoms with Crippen molar-refractivity contribution in [2.45, 2.75) is 4.90 Å². The fraction of sp³-hybridized carbons (Fsp3) is 0.0400. The molecular formula is C25H19ClN4O7S. The number of hydrogen-bond acceptors (Lipinski definition) is 8. The van der Waals surface area contributed by atoms with Gasteiger partial charge in [0.05, 0.1) is 23.3 Å². The Morgan fingerprint density at radius 2 is 1.39 bits per heavy atom. The summed E-state index contributed by atoms with van der Waals surface area (Å²) in [5, 5.41) is 10.2. The van der Waals surface area contributed by atoms with Gasteiger partial charge < -0.3 is 15.4 Å². The Hall–Kier alpha value is -4.52. The number of amides is 3. The lowest BCUT2D eigenvalue weighted by Gasteiger charge is -2.15. The number of anilines is 3. The Morgan fingerprint density at radius 1 is 0.842 bits per heavy atom. The molecule has 0 aromatic heterocycles. The molecule has 38 heavy (non-hydrogen) atoms. The molecule has 3 aromatic rings. The minimum Gasteiger partial charge on any atom is -0.465 e. The van der Waals surface area contributed by atoms with Crippen molar-refractivity contribution in [2.75, 3.05) is 22.6 Å². The van der Waals surface area contributed by atoms with Crippen molar-refractivity contribution >= 4 is 62.4 Å². The Morgan fingerprint density at radius 3 is 1.95 bits per heavy atom. The smallest absolute Gasteiger partial charge is 0.337 e. The summed E-state index contributed by atoms with van der Waals surface area (Å²) in [4.78, 5) is 50.6. The van der Waals surface area contributed by atoms with Crippen molar-refractivity contribution in [3.63, 3.8) is 0 Å². The fourth-order valence-corrected chi connectivity index (χ4v) is 4.22. The summed E-state index contributed by atoms with van der Waals surface area (Å²) in [7, 11) is -2.61. The lowest BCUT2D eigenvalue weighted by atomic mass is 10.2. The topological polar surface area (TPSA) is 165 Å². The van der Waals surface area contributed by atoms with Crippen LogP contribution in [0.15, 0.2) is 88.4 Å². The second-order valence-corrected chi connectivity index (χ2v) is 9.84. The molecule has 1 aliphatic rings. The van der Waals surface area contributed by atoms with Crippen LogP contribution in [0.25, 0.3) is 0 Å². The van der Waals surface area contributed by atoms with Crippen LogP contribution in [0, 0.1) is 0 Å². The highest BCUT2D eigenvalue weighted by Crippen LogP contribution is 2.30. The number of halogens is 1. The van der Waals surface area contributed by atoms with Gasteiger partial charge in [-0.05, 0) is 72.8 Å². The van der Waals surface area contributed by atoms with Crippen LogP contribution in [0.4, 0.5) is 17.1 Å². The van der Waals surface area contributed by atoms with Gasteiger partial charge in [0.15, 0.2) is 0 Å². The maximum Gasteiger partial charge on any atom is 0.337 e. The number of benzene rings is 3. The van der Waals surface area contributed by atoms with Crippen molar-refractivity contribution in [1.29, 1.82) is 0 Å². The highest BCUT2D eigenvalue weighted by molar-refractivity contribution is 7.89.